The Bertz CT molecular complexity index is 1560. The standard InChI is InChI=1S/C27H26N6O4S3/c1-14-7-8-21(39-14)23-18(12-28)25(29)33(19-5-4-6-20(34)24(19)23)26-31-32-27(40-26)38-13-22(35)30-15-9-16(36-2)11-17(10-15)37-3/h7-11,23H,4-6,13,29H2,1-3H3,(H,30,35). The van der Waals surface area contributed by atoms with E-state index in [4.69, 9.17) is 15.2 Å². The SMILES string of the molecule is COc1cc(NC(=O)CSc2nnc(N3C(N)=C(C#N)C(c4ccc(C)s4)C4=C3CCCC4=O)s2)cc(OC)c1. The van der Waals surface area contributed by atoms with Gasteiger partial charge in [-0.3, -0.25) is 14.5 Å². The molecule has 3 heterocycles. The van der Waals surface area contributed by atoms with E-state index < -0.39 is 5.92 Å². The summed E-state index contributed by atoms with van der Waals surface area (Å²) in [5.74, 6) is 0.769. The number of hydrogen-bond acceptors (Lipinski definition) is 12. The number of thiophene rings is 1. The minimum Gasteiger partial charge on any atom is -0.497 e. The maximum atomic E-state index is 13.2. The lowest BCUT2D eigenvalue weighted by Crippen LogP contribution is -2.38. The summed E-state index contributed by atoms with van der Waals surface area (Å²) in [6.07, 6.45) is 1.75. The molecule has 1 aromatic carbocycles. The molecule has 0 bridgehead atoms. The van der Waals surface area contributed by atoms with Crippen LogP contribution < -0.4 is 25.4 Å². The van der Waals surface area contributed by atoms with Gasteiger partial charge in [0.1, 0.15) is 17.3 Å². The first kappa shape index (κ1) is 27.7. The summed E-state index contributed by atoms with van der Waals surface area (Å²) in [5, 5.41) is 22.0. The van der Waals surface area contributed by atoms with Gasteiger partial charge >= 0.3 is 0 Å². The number of nitrogens with zero attached hydrogens (tertiary/aromatic N) is 4. The molecule has 2 aliphatic rings. The summed E-state index contributed by atoms with van der Waals surface area (Å²) in [4.78, 5) is 29.6. The number of hydrogen-bond donors (Lipinski definition) is 2. The zero-order valence-electron chi connectivity index (χ0n) is 22.0. The lowest BCUT2D eigenvalue weighted by molar-refractivity contribution is -0.116. The molecule has 1 unspecified atom stereocenters. The monoisotopic (exact) mass is 594 g/mol. The third-order valence-electron chi connectivity index (χ3n) is 6.51. The van der Waals surface area contributed by atoms with Crippen molar-refractivity contribution in [3.8, 4) is 17.6 Å². The Morgan fingerprint density at radius 2 is 1.95 bits per heavy atom. The van der Waals surface area contributed by atoms with Gasteiger partial charge in [-0.25, -0.2) is 0 Å². The van der Waals surface area contributed by atoms with Crippen LogP contribution in [0, 0.1) is 18.3 Å². The van der Waals surface area contributed by atoms with E-state index in [0.717, 1.165) is 15.5 Å². The van der Waals surface area contributed by atoms with Gasteiger partial charge in [0.15, 0.2) is 10.1 Å². The molecule has 0 saturated heterocycles. The van der Waals surface area contributed by atoms with Gasteiger partial charge in [0.05, 0.1) is 37.5 Å². The molecule has 1 amide bonds. The number of nitrogens with two attached hydrogens (primary N) is 1. The zero-order valence-corrected chi connectivity index (χ0v) is 24.5. The van der Waals surface area contributed by atoms with Crippen molar-refractivity contribution >= 4 is 56.9 Å². The third kappa shape index (κ3) is 5.42. The number of methoxy groups -OCH3 is 2. The smallest absolute Gasteiger partial charge is 0.234 e. The summed E-state index contributed by atoms with van der Waals surface area (Å²) in [7, 11) is 3.08. The van der Waals surface area contributed by atoms with Crippen LogP contribution in [-0.2, 0) is 9.59 Å². The van der Waals surface area contributed by atoms with Gasteiger partial charge in [-0.05, 0) is 31.9 Å². The Morgan fingerprint density at radius 3 is 2.60 bits per heavy atom. The van der Waals surface area contributed by atoms with Crippen LogP contribution in [0.1, 0.15) is 34.9 Å². The van der Waals surface area contributed by atoms with Gasteiger partial charge < -0.3 is 20.5 Å². The Hall–Kier alpha value is -3.86. The van der Waals surface area contributed by atoms with E-state index >= 15 is 0 Å². The topological polar surface area (TPSA) is 143 Å². The Balaban J connectivity index is 1.37. The molecule has 0 spiro atoms. The van der Waals surface area contributed by atoms with Gasteiger partial charge in [-0.2, -0.15) is 5.26 Å². The lowest BCUT2D eigenvalue weighted by Gasteiger charge is -2.37. The highest BCUT2D eigenvalue weighted by atomic mass is 32.2. The largest absolute Gasteiger partial charge is 0.497 e. The fraction of sp³-hybridized carbons (Fsp3) is 0.296. The average molecular weight is 595 g/mol. The minimum atomic E-state index is -0.483. The normalized spacial score (nSPS) is 17.0. The first-order valence-electron chi connectivity index (χ1n) is 12.3. The van der Waals surface area contributed by atoms with Crippen molar-refractivity contribution in [3.05, 3.63) is 62.8 Å². The van der Waals surface area contributed by atoms with Crippen molar-refractivity contribution in [1.29, 1.82) is 5.26 Å². The van der Waals surface area contributed by atoms with E-state index in [1.807, 2.05) is 19.1 Å². The summed E-state index contributed by atoms with van der Waals surface area (Å²) < 4.78 is 11.1. The number of amides is 1. The van der Waals surface area contributed by atoms with Crippen LogP contribution in [0.4, 0.5) is 10.8 Å². The number of anilines is 2. The molecular weight excluding hydrogens is 569 g/mol. The number of thioether (sulfide) groups is 1. The first-order chi connectivity index (χ1) is 19.3. The van der Waals surface area contributed by atoms with Crippen molar-refractivity contribution in [3.63, 3.8) is 0 Å². The number of benzene rings is 1. The molecule has 0 saturated carbocycles. The Kier molecular flexibility index (Phi) is 8.11. The molecule has 0 radical (unpaired) electrons. The number of nitriles is 1. The van der Waals surface area contributed by atoms with E-state index in [2.05, 4.69) is 21.6 Å². The van der Waals surface area contributed by atoms with E-state index in [9.17, 15) is 14.9 Å². The second kappa shape index (κ2) is 11.7. The van der Waals surface area contributed by atoms with Crippen LogP contribution in [0.5, 0.6) is 11.5 Å². The van der Waals surface area contributed by atoms with Crippen LogP contribution in [0.3, 0.4) is 0 Å². The number of rotatable bonds is 8. The highest BCUT2D eigenvalue weighted by Crippen LogP contribution is 2.48. The van der Waals surface area contributed by atoms with Crippen molar-refractivity contribution in [2.75, 3.05) is 30.2 Å². The van der Waals surface area contributed by atoms with Gasteiger partial charge in [0.25, 0.3) is 0 Å². The summed E-state index contributed by atoms with van der Waals surface area (Å²) in [5.41, 5.74) is 8.86. The number of carbonyl (C=O) groups is 2. The number of Topliss-reactive ketones (excluding diaryl/α,β-unsaturated/α-hetero) is 1. The van der Waals surface area contributed by atoms with Crippen LogP contribution in [0.2, 0.25) is 0 Å². The molecule has 13 heteroatoms. The number of ketones is 1. The fourth-order valence-electron chi connectivity index (χ4n) is 4.75. The highest BCUT2D eigenvalue weighted by molar-refractivity contribution is 8.01. The van der Waals surface area contributed by atoms with Crippen LogP contribution in [-0.4, -0.2) is 41.9 Å². The predicted octanol–water partition coefficient (Wildman–Crippen LogP) is 4.96. The zero-order chi connectivity index (χ0) is 28.4. The molecule has 206 valence electrons. The third-order valence-corrected chi connectivity index (χ3v) is 9.62. The predicted molar refractivity (Wildman–Crippen MR) is 156 cm³/mol. The molecule has 1 aliphatic carbocycles. The molecule has 0 fully saturated rings. The van der Waals surface area contributed by atoms with Crippen molar-refractivity contribution in [1.82, 2.24) is 10.2 Å². The van der Waals surface area contributed by atoms with Gasteiger partial charge in [0, 0.05) is 51.3 Å². The van der Waals surface area contributed by atoms with E-state index in [1.54, 1.807) is 48.7 Å². The van der Waals surface area contributed by atoms with Crippen molar-refractivity contribution in [2.45, 2.75) is 36.4 Å². The average Bonchev–Trinajstić information content (AvgIpc) is 3.60. The van der Waals surface area contributed by atoms with Crippen LogP contribution in [0.15, 0.2) is 57.3 Å². The summed E-state index contributed by atoms with van der Waals surface area (Å²) in [6.45, 7) is 1.99. The first-order valence-corrected chi connectivity index (χ1v) is 15.0. The highest BCUT2D eigenvalue weighted by Gasteiger charge is 2.41. The minimum absolute atomic E-state index is 0.0208. The maximum Gasteiger partial charge on any atom is 0.234 e. The number of aromatic nitrogens is 2. The van der Waals surface area contributed by atoms with Gasteiger partial charge in [0.2, 0.25) is 11.0 Å². The molecule has 5 rings (SSSR count). The van der Waals surface area contributed by atoms with Crippen LogP contribution >= 0.6 is 34.4 Å². The quantitative estimate of drug-likeness (QED) is 0.343. The van der Waals surface area contributed by atoms with E-state index in [1.165, 1.54) is 23.1 Å². The molecule has 3 aromatic rings. The fourth-order valence-corrected chi connectivity index (χ4v) is 7.43. The molecular formula is C27H26N6O4S3. The lowest BCUT2D eigenvalue weighted by atomic mass is 9.78. The molecule has 3 N–H and O–H groups in total. The number of ether oxygens (including phenoxy) is 2. The van der Waals surface area contributed by atoms with E-state index in [-0.39, 0.29) is 23.3 Å². The van der Waals surface area contributed by atoms with Gasteiger partial charge in [-0.15, -0.1) is 21.5 Å². The summed E-state index contributed by atoms with van der Waals surface area (Å²) >= 11 is 4.05. The van der Waals surface area contributed by atoms with E-state index in [0.29, 0.717) is 57.1 Å². The number of aryl methyl sites for hydroxylation is 1. The van der Waals surface area contributed by atoms with Gasteiger partial charge in [-0.1, -0.05) is 23.1 Å². The number of nitrogens with one attached hydrogen (secondary N) is 1. The molecule has 40 heavy (non-hydrogen) atoms. The molecule has 1 aliphatic heterocycles. The molecule has 10 nitrogen and oxygen atoms in total. The Labute approximate surface area is 243 Å². The van der Waals surface area contributed by atoms with Crippen molar-refractivity contribution < 1.29 is 19.1 Å². The van der Waals surface area contributed by atoms with Crippen LogP contribution in [0.25, 0.3) is 0 Å². The number of carbonyl (C=O) groups excluding carboxylic acids is 2. The maximum absolute atomic E-state index is 13.2. The second-order valence-corrected chi connectivity index (χ2v) is 12.6. The summed E-state index contributed by atoms with van der Waals surface area (Å²) in [6, 6.07) is 11.3. The Morgan fingerprint density at radius 1 is 1.20 bits per heavy atom. The van der Waals surface area contributed by atoms with Crippen molar-refractivity contribution in [2.24, 2.45) is 5.73 Å². The second-order valence-electron chi connectivity index (χ2n) is 9.05. The molecule has 2 aromatic heterocycles. The molecule has 1 atom stereocenters. The number of allylic oxidation sites excluding steroid dienone is 3.